The van der Waals surface area contributed by atoms with Crippen LogP contribution in [0.3, 0.4) is 0 Å². The lowest BCUT2D eigenvalue weighted by Crippen LogP contribution is -2.31. The topological polar surface area (TPSA) is 44.5 Å². The van der Waals surface area contributed by atoms with Crippen LogP contribution in [0.2, 0.25) is 0 Å². The first-order valence-electron chi connectivity index (χ1n) is 6.98. The van der Waals surface area contributed by atoms with Crippen LogP contribution in [0, 0.1) is 0 Å². The van der Waals surface area contributed by atoms with Crippen LogP contribution in [-0.2, 0) is 6.42 Å². The van der Waals surface area contributed by atoms with Crippen LogP contribution in [0.15, 0.2) is 46.9 Å². The van der Waals surface area contributed by atoms with E-state index in [1.54, 1.807) is 7.11 Å². The van der Waals surface area contributed by atoms with Crippen LogP contribution < -0.4 is 15.2 Å². The van der Waals surface area contributed by atoms with Crippen molar-refractivity contribution < 1.29 is 9.47 Å². The molecular weight excluding hydrogens is 330 g/mol. The van der Waals surface area contributed by atoms with E-state index in [0.717, 1.165) is 28.0 Å². The van der Waals surface area contributed by atoms with Crippen molar-refractivity contribution in [3.63, 3.8) is 0 Å². The number of rotatable bonds is 4. The highest BCUT2D eigenvalue weighted by Crippen LogP contribution is 2.36. The van der Waals surface area contributed by atoms with Crippen LogP contribution >= 0.6 is 15.9 Å². The molecule has 3 nitrogen and oxygen atoms in total. The lowest BCUT2D eigenvalue weighted by Gasteiger charge is -2.19. The number of ether oxygens (including phenoxy) is 2. The van der Waals surface area contributed by atoms with E-state index in [0.29, 0.717) is 6.61 Å². The van der Waals surface area contributed by atoms with E-state index in [1.807, 2.05) is 36.4 Å². The summed E-state index contributed by atoms with van der Waals surface area (Å²) in [5, 5.41) is 0. The van der Waals surface area contributed by atoms with Gasteiger partial charge in [0, 0.05) is 22.0 Å². The molecule has 1 aliphatic heterocycles. The Hall–Kier alpha value is -1.52. The number of fused-ring (bicyclic) bond motifs is 1. The molecule has 2 unspecified atom stereocenters. The number of nitrogens with two attached hydrogens (primary N) is 1. The minimum atomic E-state index is 0.0112. The van der Waals surface area contributed by atoms with E-state index in [9.17, 15) is 0 Å². The van der Waals surface area contributed by atoms with Gasteiger partial charge in [0.15, 0.2) is 0 Å². The average Bonchev–Trinajstić information content (AvgIpc) is 2.93. The molecule has 1 aliphatic rings. The van der Waals surface area contributed by atoms with Crippen LogP contribution in [0.1, 0.15) is 17.0 Å². The molecule has 0 aromatic heterocycles. The Balaban J connectivity index is 1.80. The van der Waals surface area contributed by atoms with Crippen LogP contribution in [0.4, 0.5) is 0 Å². The van der Waals surface area contributed by atoms with Crippen molar-refractivity contribution in [2.45, 2.75) is 18.4 Å². The Morgan fingerprint density at radius 2 is 2.14 bits per heavy atom. The predicted octanol–water partition coefficient (Wildman–Crippen LogP) is 3.50. The number of benzene rings is 2. The Labute approximate surface area is 133 Å². The highest BCUT2D eigenvalue weighted by molar-refractivity contribution is 9.10. The summed E-state index contributed by atoms with van der Waals surface area (Å²) in [4.78, 5) is 0. The van der Waals surface area contributed by atoms with Crippen LogP contribution in [0.25, 0.3) is 0 Å². The summed E-state index contributed by atoms with van der Waals surface area (Å²) >= 11 is 3.59. The summed E-state index contributed by atoms with van der Waals surface area (Å²) in [5.41, 5.74) is 8.82. The minimum absolute atomic E-state index is 0.0112. The third kappa shape index (κ3) is 2.92. The first-order valence-corrected chi connectivity index (χ1v) is 7.78. The molecule has 2 N–H and O–H groups in total. The van der Waals surface area contributed by atoms with Gasteiger partial charge in [0.1, 0.15) is 11.5 Å². The third-order valence-corrected chi connectivity index (χ3v) is 4.74. The number of hydrogen-bond acceptors (Lipinski definition) is 3. The van der Waals surface area contributed by atoms with E-state index in [1.165, 1.54) is 5.56 Å². The highest BCUT2D eigenvalue weighted by atomic mass is 79.9. The molecular formula is C17H18BrNO2. The molecule has 2 aromatic carbocycles. The molecule has 4 heteroatoms. The largest absolute Gasteiger partial charge is 0.497 e. The molecule has 21 heavy (non-hydrogen) atoms. The van der Waals surface area contributed by atoms with E-state index < -0.39 is 0 Å². The van der Waals surface area contributed by atoms with Crippen molar-refractivity contribution >= 4 is 15.9 Å². The fraction of sp³-hybridized carbons (Fsp3) is 0.294. The smallest absolute Gasteiger partial charge is 0.122 e. The van der Waals surface area contributed by atoms with E-state index in [-0.39, 0.29) is 12.0 Å². The lowest BCUT2D eigenvalue weighted by atomic mass is 9.90. The molecule has 2 aromatic rings. The van der Waals surface area contributed by atoms with Crippen molar-refractivity contribution in [3.05, 3.63) is 58.1 Å². The first-order chi connectivity index (χ1) is 10.2. The second kappa shape index (κ2) is 6.08. The number of hydrogen-bond donors (Lipinski definition) is 1. The van der Waals surface area contributed by atoms with E-state index in [4.69, 9.17) is 15.2 Å². The van der Waals surface area contributed by atoms with Crippen molar-refractivity contribution in [1.29, 1.82) is 0 Å². The van der Waals surface area contributed by atoms with Gasteiger partial charge in [-0.25, -0.2) is 0 Å². The van der Waals surface area contributed by atoms with Gasteiger partial charge in [0.2, 0.25) is 0 Å². The maximum Gasteiger partial charge on any atom is 0.122 e. The zero-order chi connectivity index (χ0) is 14.8. The molecule has 0 saturated carbocycles. The van der Waals surface area contributed by atoms with Crippen LogP contribution in [-0.4, -0.2) is 19.8 Å². The molecule has 0 bridgehead atoms. The van der Waals surface area contributed by atoms with E-state index in [2.05, 4.69) is 22.0 Å². The summed E-state index contributed by atoms with van der Waals surface area (Å²) in [7, 11) is 1.67. The SMILES string of the molecule is COc1ccc(Br)c(CC(N)C2COc3ccccc32)c1. The summed E-state index contributed by atoms with van der Waals surface area (Å²) < 4.78 is 12.1. The van der Waals surface area contributed by atoms with Gasteiger partial charge >= 0.3 is 0 Å². The average molecular weight is 348 g/mol. The molecule has 0 spiro atoms. The van der Waals surface area contributed by atoms with Gasteiger partial charge in [-0.3, -0.25) is 0 Å². The predicted molar refractivity (Wildman–Crippen MR) is 87.1 cm³/mol. The van der Waals surface area contributed by atoms with Gasteiger partial charge < -0.3 is 15.2 Å². The Kier molecular flexibility index (Phi) is 4.17. The maximum absolute atomic E-state index is 6.44. The molecule has 1 heterocycles. The second-order valence-corrected chi connectivity index (χ2v) is 6.13. The maximum atomic E-state index is 6.44. The number of methoxy groups -OCH3 is 1. The first kappa shape index (κ1) is 14.4. The van der Waals surface area contributed by atoms with Gasteiger partial charge in [0.05, 0.1) is 13.7 Å². The normalized spacial score (nSPS) is 18.0. The zero-order valence-corrected chi connectivity index (χ0v) is 13.5. The molecule has 110 valence electrons. The number of para-hydroxylation sites is 1. The quantitative estimate of drug-likeness (QED) is 0.920. The standard InChI is InChI=1S/C17H18BrNO2/c1-20-12-6-7-15(18)11(8-12)9-16(19)14-10-21-17-5-3-2-4-13(14)17/h2-8,14,16H,9-10,19H2,1H3. The summed E-state index contributed by atoms with van der Waals surface area (Å²) in [5.74, 6) is 2.05. The fourth-order valence-electron chi connectivity index (χ4n) is 2.77. The van der Waals surface area contributed by atoms with Crippen molar-refractivity contribution in [2.75, 3.05) is 13.7 Å². The number of halogens is 1. The summed E-state index contributed by atoms with van der Waals surface area (Å²) in [6, 6.07) is 14.1. The fourth-order valence-corrected chi connectivity index (χ4v) is 3.18. The van der Waals surface area contributed by atoms with Crippen LogP contribution in [0.5, 0.6) is 11.5 Å². The minimum Gasteiger partial charge on any atom is -0.497 e. The Bertz CT molecular complexity index is 644. The lowest BCUT2D eigenvalue weighted by molar-refractivity contribution is 0.313. The van der Waals surface area contributed by atoms with Crippen molar-refractivity contribution in [2.24, 2.45) is 5.73 Å². The van der Waals surface area contributed by atoms with Gasteiger partial charge in [0.25, 0.3) is 0 Å². The summed E-state index contributed by atoms with van der Waals surface area (Å²) in [6.07, 6.45) is 0.778. The molecule has 0 aliphatic carbocycles. The highest BCUT2D eigenvalue weighted by Gasteiger charge is 2.29. The van der Waals surface area contributed by atoms with Gasteiger partial charge in [-0.15, -0.1) is 0 Å². The monoisotopic (exact) mass is 347 g/mol. The van der Waals surface area contributed by atoms with E-state index >= 15 is 0 Å². The second-order valence-electron chi connectivity index (χ2n) is 5.28. The molecule has 3 rings (SSSR count). The molecule has 0 saturated heterocycles. The molecule has 0 radical (unpaired) electrons. The third-order valence-electron chi connectivity index (χ3n) is 3.96. The van der Waals surface area contributed by atoms with Gasteiger partial charge in [-0.2, -0.15) is 0 Å². The summed E-state index contributed by atoms with van der Waals surface area (Å²) in [6.45, 7) is 0.655. The molecule has 0 fully saturated rings. The molecule has 2 atom stereocenters. The Morgan fingerprint density at radius 1 is 1.33 bits per heavy atom. The molecule has 0 amide bonds. The van der Waals surface area contributed by atoms with Crippen molar-refractivity contribution in [1.82, 2.24) is 0 Å². The van der Waals surface area contributed by atoms with Gasteiger partial charge in [-0.1, -0.05) is 34.1 Å². The zero-order valence-electron chi connectivity index (χ0n) is 11.9. The van der Waals surface area contributed by atoms with Gasteiger partial charge in [-0.05, 0) is 36.2 Å². The van der Waals surface area contributed by atoms with Crippen molar-refractivity contribution in [3.8, 4) is 11.5 Å². The Morgan fingerprint density at radius 3 is 2.95 bits per heavy atom.